The number of amides is 1. The number of halogens is 1. The van der Waals surface area contributed by atoms with E-state index in [1.165, 1.54) is 24.3 Å². The number of hydrogen-bond acceptors (Lipinski definition) is 3. The maximum atomic E-state index is 12.6. The van der Waals surface area contributed by atoms with Gasteiger partial charge in [0, 0.05) is 11.7 Å². The maximum Gasteiger partial charge on any atom is 0.250 e. The van der Waals surface area contributed by atoms with Gasteiger partial charge in [-0.1, -0.05) is 0 Å². The van der Waals surface area contributed by atoms with Crippen LogP contribution in [0.15, 0.2) is 24.3 Å². The first-order valence-corrected chi connectivity index (χ1v) is 5.56. The normalized spacial score (nSPS) is 22.9. The monoisotopic (exact) mass is 238 g/mol. The predicted molar refractivity (Wildman–Crippen MR) is 62.0 cm³/mol. The Morgan fingerprint density at radius 3 is 2.65 bits per heavy atom. The minimum absolute atomic E-state index is 0.00869. The van der Waals surface area contributed by atoms with Crippen molar-refractivity contribution in [1.82, 2.24) is 0 Å². The highest BCUT2D eigenvalue weighted by atomic mass is 19.1. The van der Waals surface area contributed by atoms with Crippen LogP contribution in [0.3, 0.4) is 0 Å². The van der Waals surface area contributed by atoms with Gasteiger partial charge in [-0.3, -0.25) is 4.79 Å². The highest BCUT2D eigenvalue weighted by Gasteiger charge is 2.26. The van der Waals surface area contributed by atoms with Crippen LogP contribution in [0, 0.1) is 5.82 Å². The number of carbonyl (C=O) groups excluding carboxylic acids is 1. The Hall–Kier alpha value is -1.46. The zero-order chi connectivity index (χ0) is 12.3. The second-order valence-electron chi connectivity index (χ2n) is 4.22. The average molecular weight is 238 g/mol. The number of benzene rings is 1. The van der Waals surface area contributed by atoms with Crippen molar-refractivity contribution in [1.29, 1.82) is 0 Å². The molecule has 1 saturated carbocycles. The van der Waals surface area contributed by atoms with Gasteiger partial charge in [-0.05, 0) is 37.1 Å². The van der Waals surface area contributed by atoms with Crippen LogP contribution in [0.2, 0.25) is 0 Å². The van der Waals surface area contributed by atoms with Gasteiger partial charge in [-0.25, -0.2) is 4.39 Å². The zero-order valence-electron chi connectivity index (χ0n) is 9.36. The summed E-state index contributed by atoms with van der Waals surface area (Å²) in [4.78, 5) is 11.5. The molecule has 0 bridgehead atoms. The largest absolute Gasteiger partial charge is 0.368 e. The van der Waals surface area contributed by atoms with Gasteiger partial charge in [0.2, 0.25) is 5.91 Å². The van der Waals surface area contributed by atoms with Crippen LogP contribution in [-0.2, 0) is 9.53 Å². The molecule has 5 heteroatoms. The average Bonchev–Trinajstić information content (AvgIpc) is 2.26. The first-order valence-electron chi connectivity index (χ1n) is 5.56. The molecule has 17 heavy (non-hydrogen) atoms. The van der Waals surface area contributed by atoms with E-state index in [9.17, 15) is 9.18 Å². The molecule has 0 saturated heterocycles. The second-order valence-corrected chi connectivity index (χ2v) is 4.22. The zero-order valence-corrected chi connectivity index (χ0v) is 9.36. The van der Waals surface area contributed by atoms with Gasteiger partial charge in [-0.15, -0.1) is 0 Å². The van der Waals surface area contributed by atoms with Crippen LogP contribution in [0.5, 0.6) is 0 Å². The van der Waals surface area contributed by atoms with Crippen molar-refractivity contribution in [2.24, 2.45) is 5.73 Å². The summed E-state index contributed by atoms with van der Waals surface area (Å²) in [6.07, 6.45) is 1.72. The Kier molecular flexibility index (Phi) is 3.71. The Labute approximate surface area is 98.9 Å². The van der Waals surface area contributed by atoms with Crippen molar-refractivity contribution in [2.75, 3.05) is 11.9 Å². The van der Waals surface area contributed by atoms with Gasteiger partial charge in [0.1, 0.15) is 12.4 Å². The van der Waals surface area contributed by atoms with Gasteiger partial charge in [0.05, 0.1) is 6.10 Å². The molecule has 0 aromatic heterocycles. The number of carbonyl (C=O) groups is 1. The Morgan fingerprint density at radius 2 is 2.06 bits per heavy atom. The molecule has 1 fully saturated rings. The van der Waals surface area contributed by atoms with E-state index in [1.807, 2.05) is 0 Å². The number of hydrogen-bond donors (Lipinski definition) is 2. The molecule has 1 aliphatic carbocycles. The second kappa shape index (κ2) is 5.25. The summed E-state index contributed by atoms with van der Waals surface area (Å²) in [5.41, 5.74) is 6.16. The molecule has 1 amide bonds. The van der Waals surface area contributed by atoms with Crippen molar-refractivity contribution in [3.8, 4) is 0 Å². The van der Waals surface area contributed by atoms with E-state index in [2.05, 4.69) is 5.32 Å². The van der Waals surface area contributed by atoms with Crippen LogP contribution in [-0.4, -0.2) is 24.7 Å². The summed E-state index contributed by atoms with van der Waals surface area (Å²) in [6.45, 7) is 0.00869. The smallest absolute Gasteiger partial charge is 0.250 e. The minimum Gasteiger partial charge on any atom is -0.368 e. The predicted octanol–water partition coefficient (Wildman–Crippen LogP) is 1.27. The van der Waals surface area contributed by atoms with Crippen molar-refractivity contribution >= 4 is 11.6 Å². The Morgan fingerprint density at radius 1 is 1.41 bits per heavy atom. The summed E-state index contributed by atoms with van der Waals surface area (Å²) in [5.74, 6) is -0.570. The first-order chi connectivity index (χ1) is 8.13. The van der Waals surface area contributed by atoms with Gasteiger partial charge < -0.3 is 15.8 Å². The highest BCUT2D eigenvalue weighted by Crippen LogP contribution is 2.20. The van der Waals surface area contributed by atoms with Crippen LogP contribution in [0.1, 0.15) is 12.8 Å². The number of nitrogens with one attached hydrogen (secondary N) is 1. The summed E-state index contributed by atoms with van der Waals surface area (Å²) >= 11 is 0. The van der Waals surface area contributed by atoms with Crippen LogP contribution >= 0.6 is 0 Å². The number of nitrogens with two attached hydrogens (primary N) is 1. The SMILES string of the molecule is NC1CC(OCC(=O)Nc2ccc(F)cc2)C1. The molecule has 1 aromatic carbocycles. The quantitative estimate of drug-likeness (QED) is 0.830. The lowest BCUT2D eigenvalue weighted by Gasteiger charge is -2.31. The molecule has 0 heterocycles. The van der Waals surface area contributed by atoms with Gasteiger partial charge in [0.25, 0.3) is 0 Å². The fourth-order valence-corrected chi connectivity index (χ4v) is 1.67. The molecule has 1 aromatic rings. The summed E-state index contributed by atoms with van der Waals surface area (Å²) in [5, 5.41) is 2.62. The Balaban J connectivity index is 1.71. The van der Waals surface area contributed by atoms with Crippen molar-refractivity contribution in [3.05, 3.63) is 30.1 Å². The van der Waals surface area contributed by atoms with Crippen LogP contribution < -0.4 is 11.1 Å². The molecule has 0 spiro atoms. The van der Waals surface area contributed by atoms with Crippen molar-refractivity contribution in [2.45, 2.75) is 25.0 Å². The molecule has 92 valence electrons. The lowest BCUT2D eigenvalue weighted by Crippen LogP contribution is -2.42. The van der Waals surface area contributed by atoms with Crippen molar-refractivity contribution < 1.29 is 13.9 Å². The van der Waals surface area contributed by atoms with Crippen LogP contribution in [0.4, 0.5) is 10.1 Å². The minimum atomic E-state index is -0.331. The molecule has 3 N–H and O–H groups in total. The molecule has 1 aliphatic rings. The summed E-state index contributed by atoms with van der Waals surface area (Å²) in [6, 6.07) is 5.81. The van der Waals surface area contributed by atoms with E-state index in [1.54, 1.807) is 0 Å². The van der Waals surface area contributed by atoms with Crippen molar-refractivity contribution in [3.63, 3.8) is 0 Å². The molecule has 2 rings (SSSR count). The third kappa shape index (κ3) is 3.51. The fraction of sp³-hybridized carbons (Fsp3) is 0.417. The van der Waals surface area contributed by atoms with E-state index in [0.29, 0.717) is 5.69 Å². The molecular weight excluding hydrogens is 223 g/mol. The fourth-order valence-electron chi connectivity index (χ4n) is 1.67. The lowest BCUT2D eigenvalue weighted by atomic mass is 9.90. The number of anilines is 1. The number of rotatable bonds is 4. The molecule has 4 nitrogen and oxygen atoms in total. The van der Waals surface area contributed by atoms with Gasteiger partial charge in [0.15, 0.2) is 0 Å². The van der Waals surface area contributed by atoms with Gasteiger partial charge >= 0.3 is 0 Å². The lowest BCUT2D eigenvalue weighted by molar-refractivity contribution is -0.124. The van der Waals surface area contributed by atoms with Crippen LogP contribution in [0.25, 0.3) is 0 Å². The topological polar surface area (TPSA) is 64.3 Å². The number of ether oxygens (including phenoxy) is 1. The standard InChI is InChI=1S/C12H15FN2O2/c13-8-1-3-10(4-2-8)15-12(16)7-17-11-5-9(14)6-11/h1-4,9,11H,5-7,14H2,(H,15,16). The first kappa shape index (κ1) is 12.0. The van der Waals surface area contributed by atoms with E-state index < -0.39 is 0 Å². The van der Waals surface area contributed by atoms with E-state index >= 15 is 0 Å². The Bertz CT molecular complexity index is 388. The van der Waals surface area contributed by atoms with E-state index in [0.717, 1.165) is 12.8 Å². The summed E-state index contributed by atoms with van der Waals surface area (Å²) < 4.78 is 18.0. The highest BCUT2D eigenvalue weighted by molar-refractivity contribution is 5.91. The molecular formula is C12H15FN2O2. The van der Waals surface area contributed by atoms with E-state index in [-0.39, 0.29) is 30.5 Å². The molecule has 0 unspecified atom stereocenters. The third-order valence-corrected chi connectivity index (χ3v) is 2.71. The maximum absolute atomic E-state index is 12.6. The third-order valence-electron chi connectivity index (χ3n) is 2.71. The molecule has 0 aliphatic heterocycles. The summed E-state index contributed by atoms with van der Waals surface area (Å²) in [7, 11) is 0. The molecule has 0 radical (unpaired) electrons. The van der Waals surface area contributed by atoms with Gasteiger partial charge in [-0.2, -0.15) is 0 Å². The van der Waals surface area contributed by atoms with E-state index in [4.69, 9.17) is 10.5 Å². The molecule has 0 atom stereocenters.